The minimum atomic E-state index is -5.90. The van der Waals surface area contributed by atoms with E-state index in [4.69, 9.17) is 24.4 Å². The molecular formula is C44H19F7N4O6S2. The van der Waals surface area contributed by atoms with E-state index in [-0.39, 0.29) is 64.4 Å². The molecule has 10 nitrogen and oxygen atoms in total. The van der Waals surface area contributed by atoms with Crippen LogP contribution in [0.15, 0.2) is 66.7 Å². The van der Waals surface area contributed by atoms with E-state index in [9.17, 15) is 50.7 Å². The Kier molecular flexibility index (Phi) is 8.31. The van der Waals surface area contributed by atoms with Crippen LogP contribution in [0.2, 0.25) is 0 Å². The lowest BCUT2D eigenvalue weighted by atomic mass is 9.85. The maximum Gasteiger partial charge on any atom is 0.422 e. The monoisotopic (exact) mass is 896 g/mol. The van der Waals surface area contributed by atoms with Crippen molar-refractivity contribution >= 4 is 103 Å². The van der Waals surface area contributed by atoms with Gasteiger partial charge in [-0.1, -0.05) is 61.7 Å². The van der Waals surface area contributed by atoms with Crippen molar-refractivity contribution in [1.29, 1.82) is 0 Å². The lowest BCUT2D eigenvalue weighted by Crippen LogP contribution is -2.57. The Morgan fingerprint density at radius 3 is 1.21 bits per heavy atom. The number of hydrogen-bond acceptors (Lipinski definition) is 8. The van der Waals surface area contributed by atoms with E-state index in [1.807, 2.05) is 19.1 Å². The van der Waals surface area contributed by atoms with Gasteiger partial charge in [-0.2, -0.15) is 18.2 Å². The van der Waals surface area contributed by atoms with Gasteiger partial charge in [0, 0.05) is 54.9 Å². The van der Waals surface area contributed by atoms with Gasteiger partial charge in [0.2, 0.25) is 0 Å². The third-order valence-corrected chi connectivity index (χ3v) is 12.4. The Balaban J connectivity index is 1.05. The Morgan fingerprint density at radius 2 is 0.825 bits per heavy atom. The molecule has 19 heteroatoms. The number of carbonyl (C=O) groups is 6. The number of imide groups is 3. The second-order valence-electron chi connectivity index (χ2n) is 14.8. The van der Waals surface area contributed by atoms with E-state index >= 15 is 8.78 Å². The van der Waals surface area contributed by atoms with Crippen molar-refractivity contribution in [2.24, 2.45) is 0 Å². The number of aryl methyl sites for hydroxylation is 2. The van der Waals surface area contributed by atoms with E-state index in [1.54, 1.807) is 13.0 Å². The Hall–Kier alpha value is -7.25. The quantitative estimate of drug-likeness (QED) is 0.0741. The van der Waals surface area contributed by atoms with Gasteiger partial charge in [0.15, 0.2) is 23.3 Å². The second-order valence-corrected chi connectivity index (χ2v) is 15.6. The molecule has 0 saturated heterocycles. The van der Waals surface area contributed by atoms with Crippen LogP contribution in [0.1, 0.15) is 96.9 Å². The molecule has 6 aromatic rings. The summed E-state index contributed by atoms with van der Waals surface area (Å²) in [5, 5.41) is 1.56. The molecule has 6 amide bonds. The zero-order chi connectivity index (χ0) is 45.0. The highest BCUT2D eigenvalue weighted by molar-refractivity contribution is 7.82. The molecule has 0 aromatic heterocycles. The lowest BCUT2D eigenvalue weighted by Gasteiger charge is -2.41. The molecule has 63 heavy (non-hydrogen) atoms. The highest BCUT2D eigenvalue weighted by Gasteiger charge is 2.49. The van der Waals surface area contributed by atoms with Crippen LogP contribution in [0, 0.1) is 30.2 Å². The fraction of sp³-hybridized carbons (Fsp3) is 0.0909. The molecule has 0 atom stereocenters. The number of thiocarbonyl (C=S) groups is 2. The number of anilines is 2. The van der Waals surface area contributed by atoms with Crippen molar-refractivity contribution < 1.29 is 59.5 Å². The fourth-order valence-electron chi connectivity index (χ4n) is 8.88. The van der Waals surface area contributed by atoms with Gasteiger partial charge in [-0.3, -0.25) is 28.8 Å². The lowest BCUT2D eigenvalue weighted by molar-refractivity contribution is -0.143. The largest absolute Gasteiger partial charge is 0.422 e. The van der Waals surface area contributed by atoms with Crippen molar-refractivity contribution in [2.45, 2.75) is 26.4 Å². The normalized spacial score (nSPS) is 15.9. The molecule has 10 rings (SSSR count). The van der Waals surface area contributed by atoms with Crippen molar-refractivity contribution in [3.05, 3.63) is 151 Å². The third-order valence-electron chi connectivity index (χ3n) is 11.6. The van der Waals surface area contributed by atoms with Gasteiger partial charge in [0.1, 0.15) is 21.2 Å². The first-order chi connectivity index (χ1) is 29.8. The number of hydrogen-bond donors (Lipinski definition) is 0. The number of nitrogens with zero attached hydrogens (tertiary/aromatic N) is 4. The minimum absolute atomic E-state index is 0.176. The Morgan fingerprint density at radius 1 is 0.476 bits per heavy atom. The molecule has 0 aliphatic carbocycles. The Labute approximate surface area is 358 Å². The average Bonchev–Trinajstić information content (AvgIpc) is 3.24. The number of hydrazine groups is 1. The minimum Gasteiger partial charge on any atom is -0.268 e. The summed E-state index contributed by atoms with van der Waals surface area (Å²) in [6, 6.07) is 15.3. The van der Waals surface area contributed by atoms with Gasteiger partial charge in [0.25, 0.3) is 35.4 Å². The Bertz CT molecular complexity index is 3200. The van der Waals surface area contributed by atoms with Crippen molar-refractivity contribution in [3.8, 4) is 0 Å². The molecule has 0 unspecified atom stereocenters. The van der Waals surface area contributed by atoms with Crippen LogP contribution in [0.5, 0.6) is 0 Å². The molecule has 0 radical (unpaired) electrons. The van der Waals surface area contributed by atoms with E-state index in [1.165, 1.54) is 24.3 Å². The summed E-state index contributed by atoms with van der Waals surface area (Å²) >= 11 is 11.8. The first kappa shape index (κ1) is 39.9. The van der Waals surface area contributed by atoms with E-state index in [2.05, 4.69) is 0 Å². The number of carbonyl (C=O) groups excluding carboxylic acids is 6. The number of rotatable bonds is 4. The molecule has 0 bridgehead atoms. The molecule has 0 saturated carbocycles. The van der Waals surface area contributed by atoms with Gasteiger partial charge in [0.05, 0.1) is 16.8 Å². The molecule has 0 spiro atoms. The number of para-hydroxylation sites is 1. The van der Waals surface area contributed by atoms with Crippen molar-refractivity contribution in [2.75, 3.05) is 9.80 Å². The topological polar surface area (TPSA) is 115 Å². The van der Waals surface area contributed by atoms with Crippen LogP contribution in [-0.4, -0.2) is 55.4 Å². The van der Waals surface area contributed by atoms with E-state index < -0.39 is 87.3 Å². The molecular weight excluding hydrogens is 878 g/mol. The molecule has 0 N–H and O–H groups in total. The van der Waals surface area contributed by atoms with Gasteiger partial charge in [-0.15, -0.1) is 0 Å². The predicted octanol–water partition coefficient (Wildman–Crippen LogP) is 8.92. The van der Waals surface area contributed by atoms with Crippen LogP contribution in [0.3, 0.4) is 0 Å². The third kappa shape index (κ3) is 4.99. The maximum atomic E-state index is 15.2. The van der Waals surface area contributed by atoms with Gasteiger partial charge in [-0.25, -0.2) is 32.4 Å². The predicted molar refractivity (Wildman–Crippen MR) is 218 cm³/mol. The zero-order valence-electron chi connectivity index (χ0n) is 31.8. The summed E-state index contributed by atoms with van der Waals surface area (Å²) in [7, 11) is 0. The molecule has 0 fully saturated rings. The van der Waals surface area contributed by atoms with Gasteiger partial charge >= 0.3 is 6.18 Å². The molecule has 312 valence electrons. The van der Waals surface area contributed by atoms with Crippen molar-refractivity contribution in [3.63, 3.8) is 0 Å². The molecule has 4 aliphatic heterocycles. The number of halogens is 7. The smallest absolute Gasteiger partial charge is 0.268 e. The summed E-state index contributed by atoms with van der Waals surface area (Å²) in [6.45, 7) is 3.69. The highest BCUT2D eigenvalue weighted by atomic mass is 32.1. The van der Waals surface area contributed by atoms with Crippen LogP contribution in [-0.2, 0) is 12.6 Å². The summed E-state index contributed by atoms with van der Waals surface area (Å²) < 4.78 is 99.8. The first-order valence-corrected chi connectivity index (χ1v) is 19.4. The SMILES string of the molecule is CCc1cccc(C)c1N1C(=O)c2ccc3c4c(ccc(c24)C1=O)C(=S)N(N1C(=O)c2ccc4c5c(ccc(c25)C1=O)C(=O)N(c1c(F)c(F)c(C(F)(F)F)c(F)c1F)C4=O)C3=S. The van der Waals surface area contributed by atoms with Crippen LogP contribution >= 0.6 is 24.4 Å². The molecule has 6 aromatic carbocycles. The summed E-state index contributed by atoms with van der Waals surface area (Å²) in [6.07, 6.45) is -5.37. The number of amides is 6. The van der Waals surface area contributed by atoms with Crippen LogP contribution in [0.4, 0.5) is 42.1 Å². The molecule has 4 aliphatic rings. The van der Waals surface area contributed by atoms with Crippen LogP contribution < -0.4 is 9.80 Å². The summed E-state index contributed by atoms with van der Waals surface area (Å²) in [5.41, 5.74) is -4.02. The van der Waals surface area contributed by atoms with Crippen LogP contribution in [0.25, 0.3) is 21.5 Å². The first-order valence-electron chi connectivity index (χ1n) is 18.6. The standard InChI is InChI=1S/C44H19F7N4O6S2/c1-3-16-6-4-5-15(2)34(16)52-36(56)19-11-13-23-28-24(14-12-20(26(19)28)37(52)57)43(63)55(42(23)62)54-40(60)21-9-7-17-25-18(8-10-22(27(21)25)41(54)61)39(59)53(38(17)58)35-32(47)30(45)29(44(49,50)51)31(46)33(35)48/h4-14H,3H2,1-2H3. The highest BCUT2D eigenvalue weighted by Crippen LogP contribution is 2.46. The summed E-state index contributed by atoms with van der Waals surface area (Å²) in [4.78, 5) is 85.5. The maximum absolute atomic E-state index is 15.2. The van der Waals surface area contributed by atoms with E-state index in [0.29, 0.717) is 28.1 Å². The summed E-state index contributed by atoms with van der Waals surface area (Å²) in [5.74, 6) is -17.8. The average molecular weight is 897 g/mol. The second kappa shape index (κ2) is 13.1. The number of benzene rings is 6. The van der Waals surface area contributed by atoms with Crippen molar-refractivity contribution in [1.82, 2.24) is 10.0 Å². The molecule has 4 heterocycles. The van der Waals surface area contributed by atoms with Gasteiger partial charge in [-0.05, 0) is 60.9 Å². The fourth-order valence-corrected chi connectivity index (χ4v) is 9.63. The zero-order valence-corrected chi connectivity index (χ0v) is 33.4. The van der Waals surface area contributed by atoms with E-state index in [0.717, 1.165) is 39.7 Å². The number of alkyl halides is 3. The van der Waals surface area contributed by atoms with Gasteiger partial charge < -0.3 is 0 Å².